The Labute approximate surface area is 99.9 Å². The molecule has 0 amide bonds. The number of benzene rings is 1. The van der Waals surface area contributed by atoms with E-state index in [4.69, 9.17) is 0 Å². The molecule has 2 rings (SSSR count). The van der Waals surface area contributed by atoms with Gasteiger partial charge < -0.3 is 5.11 Å². The zero-order valence-electron chi connectivity index (χ0n) is 9.67. The number of hydrogen-bond acceptors (Lipinski definition) is 4. The van der Waals surface area contributed by atoms with E-state index in [9.17, 15) is 14.7 Å². The van der Waals surface area contributed by atoms with Crippen molar-refractivity contribution in [2.24, 2.45) is 0 Å². The van der Waals surface area contributed by atoms with Crippen molar-refractivity contribution in [2.45, 2.75) is 25.6 Å². The minimum atomic E-state index is -0.536. The fourth-order valence-electron chi connectivity index (χ4n) is 2.31. The highest BCUT2D eigenvalue weighted by Crippen LogP contribution is 2.35. The molecule has 0 radical (unpaired) electrons. The van der Waals surface area contributed by atoms with E-state index in [1.165, 1.54) is 0 Å². The molecule has 0 saturated carbocycles. The summed E-state index contributed by atoms with van der Waals surface area (Å²) < 4.78 is 0. The molecule has 0 fully saturated rings. The predicted molar refractivity (Wildman–Crippen MR) is 62.3 cm³/mol. The maximum atomic E-state index is 11.7. The molecule has 4 heteroatoms. The van der Waals surface area contributed by atoms with Crippen LogP contribution in [-0.4, -0.2) is 34.7 Å². The molecule has 1 aromatic carbocycles. The summed E-state index contributed by atoms with van der Waals surface area (Å²) in [6.07, 6.45) is 0.365. The molecule has 0 aromatic heterocycles. The van der Waals surface area contributed by atoms with Crippen LogP contribution in [0.15, 0.2) is 24.3 Å². The first-order valence-corrected chi connectivity index (χ1v) is 5.62. The third-order valence-electron chi connectivity index (χ3n) is 3.25. The molecule has 1 unspecified atom stereocenters. The van der Waals surface area contributed by atoms with Gasteiger partial charge in [0.15, 0.2) is 6.29 Å². The summed E-state index contributed by atoms with van der Waals surface area (Å²) in [7, 11) is 0. The molecule has 1 aromatic rings. The number of hydrogen-bond donors (Lipinski definition) is 1. The molecular formula is C13H15NO3. The summed E-state index contributed by atoms with van der Waals surface area (Å²) in [5.74, 6) is -0.449. The van der Waals surface area contributed by atoms with Gasteiger partial charge in [-0.25, -0.2) is 0 Å². The SMILES string of the molecule is C[C@@H](CO)N1Cc2ccccc2C1C(=O)C=O. The first-order valence-electron chi connectivity index (χ1n) is 5.62. The summed E-state index contributed by atoms with van der Waals surface area (Å²) in [6.45, 7) is 2.41. The topological polar surface area (TPSA) is 57.6 Å². The zero-order valence-corrected chi connectivity index (χ0v) is 9.67. The third kappa shape index (κ3) is 2.01. The van der Waals surface area contributed by atoms with Crippen LogP contribution in [0.2, 0.25) is 0 Å². The highest BCUT2D eigenvalue weighted by Gasteiger charge is 2.37. The Morgan fingerprint density at radius 2 is 2.29 bits per heavy atom. The van der Waals surface area contributed by atoms with Crippen molar-refractivity contribution in [2.75, 3.05) is 6.61 Å². The smallest absolute Gasteiger partial charge is 0.216 e. The Bertz CT molecular complexity index is 444. The van der Waals surface area contributed by atoms with Gasteiger partial charge in [-0.05, 0) is 18.1 Å². The van der Waals surface area contributed by atoms with Crippen LogP contribution in [0, 0.1) is 0 Å². The zero-order chi connectivity index (χ0) is 12.4. The Morgan fingerprint density at radius 3 is 2.94 bits per heavy atom. The molecule has 0 saturated heterocycles. The molecular weight excluding hydrogens is 218 g/mol. The Balaban J connectivity index is 2.40. The van der Waals surface area contributed by atoms with E-state index in [1.807, 2.05) is 36.1 Å². The Hall–Kier alpha value is -1.52. The molecule has 90 valence electrons. The van der Waals surface area contributed by atoms with Crippen LogP contribution in [0.5, 0.6) is 0 Å². The van der Waals surface area contributed by atoms with Gasteiger partial charge in [-0.15, -0.1) is 0 Å². The van der Waals surface area contributed by atoms with Gasteiger partial charge in [0, 0.05) is 12.6 Å². The lowest BCUT2D eigenvalue weighted by atomic mass is 10.0. The van der Waals surface area contributed by atoms with Crippen molar-refractivity contribution >= 4 is 12.1 Å². The van der Waals surface area contributed by atoms with E-state index in [1.54, 1.807) is 0 Å². The van der Waals surface area contributed by atoms with E-state index >= 15 is 0 Å². The van der Waals surface area contributed by atoms with Crippen molar-refractivity contribution in [3.63, 3.8) is 0 Å². The fraction of sp³-hybridized carbons (Fsp3) is 0.385. The molecule has 2 atom stereocenters. The van der Waals surface area contributed by atoms with Gasteiger partial charge in [0.2, 0.25) is 5.78 Å². The number of aliphatic hydroxyl groups excluding tert-OH is 1. The first-order chi connectivity index (χ1) is 8.19. The Morgan fingerprint density at radius 1 is 1.59 bits per heavy atom. The van der Waals surface area contributed by atoms with Crippen molar-refractivity contribution in [1.82, 2.24) is 4.90 Å². The summed E-state index contributed by atoms with van der Waals surface area (Å²) in [6, 6.07) is 6.91. The summed E-state index contributed by atoms with van der Waals surface area (Å²) in [5, 5.41) is 9.21. The van der Waals surface area contributed by atoms with Gasteiger partial charge >= 0.3 is 0 Å². The maximum Gasteiger partial charge on any atom is 0.216 e. The molecule has 1 N–H and O–H groups in total. The number of aliphatic hydroxyl groups is 1. The number of Topliss-reactive ketones (excluding diaryl/α,β-unsaturated/α-hetero) is 1. The minimum absolute atomic E-state index is 0.0311. The molecule has 17 heavy (non-hydrogen) atoms. The van der Waals surface area contributed by atoms with Crippen LogP contribution < -0.4 is 0 Å². The normalized spacial score (nSPS) is 20.9. The van der Waals surface area contributed by atoms with Crippen LogP contribution in [0.1, 0.15) is 24.1 Å². The van der Waals surface area contributed by atoms with Gasteiger partial charge in [-0.1, -0.05) is 24.3 Å². The van der Waals surface area contributed by atoms with Gasteiger partial charge in [-0.3, -0.25) is 14.5 Å². The largest absolute Gasteiger partial charge is 0.395 e. The fourth-order valence-corrected chi connectivity index (χ4v) is 2.31. The van der Waals surface area contributed by atoms with Gasteiger partial charge in [0.05, 0.1) is 6.61 Å². The van der Waals surface area contributed by atoms with Crippen molar-refractivity contribution in [3.8, 4) is 0 Å². The number of carbonyl (C=O) groups excluding carboxylic acids is 2. The van der Waals surface area contributed by atoms with Crippen LogP contribution in [0.4, 0.5) is 0 Å². The quantitative estimate of drug-likeness (QED) is 0.614. The molecule has 0 spiro atoms. The number of aldehydes is 1. The van der Waals surface area contributed by atoms with E-state index in [2.05, 4.69) is 0 Å². The highest BCUT2D eigenvalue weighted by atomic mass is 16.3. The standard InChI is InChI=1S/C13H15NO3/c1-9(7-15)14-6-10-4-2-3-5-11(10)13(14)12(17)8-16/h2-5,8-9,13,15H,6-7H2,1H3/t9-,13?/m0/s1. The number of nitrogens with zero attached hydrogens (tertiary/aromatic N) is 1. The number of ketones is 1. The predicted octanol–water partition coefficient (Wildman–Crippen LogP) is 0.692. The third-order valence-corrected chi connectivity index (χ3v) is 3.25. The number of fused-ring (bicyclic) bond motifs is 1. The van der Waals surface area contributed by atoms with Crippen LogP contribution in [0.3, 0.4) is 0 Å². The van der Waals surface area contributed by atoms with Gasteiger partial charge in [0.1, 0.15) is 6.04 Å². The first kappa shape index (κ1) is 12.0. The minimum Gasteiger partial charge on any atom is -0.395 e. The van der Waals surface area contributed by atoms with E-state index < -0.39 is 11.8 Å². The number of rotatable bonds is 4. The lowest BCUT2D eigenvalue weighted by molar-refractivity contribution is -0.134. The van der Waals surface area contributed by atoms with Crippen molar-refractivity contribution < 1.29 is 14.7 Å². The lowest BCUT2D eigenvalue weighted by Crippen LogP contribution is -2.38. The maximum absolute atomic E-state index is 11.7. The van der Waals surface area contributed by atoms with E-state index in [-0.39, 0.29) is 12.6 Å². The second kappa shape index (κ2) is 4.77. The molecule has 1 heterocycles. The summed E-state index contributed by atoms with van der Waals surface area (Å²) in [4.78, 5) is 24.3. The van der Waals surface area contributed by atoms with Crippen LogP contribution >= 0.6 is 0 Å². The van der Waals surface area contributed by atoms with Crippen molar-refractivity contribution in [1.29, 1.82) is 0 Å². The van der Waals surface area contributed by atoms with Crippen LogP contribution in [-0.2, 0) is 16.1 Å². The molecule has 4 nitrogen and oxygen atoms in total. The average Bonchev–Trinajstić information content (AvgIpc) is 2.76. The van der Waals surface area contributed by atoms with E-state index in [0.29, 0.717) is 12.8 Å². The molecule has 0 bridgehead atoms. The average molecular weight is 233 g/mol. The molecule has 0 aliphatic carbocycles. The highest BCUT2D eigenvalue weighted by molar-refractivity contribution is 6.27. The van der Waals surface area contributed by atoms with E-state index in [0.717, 1.165) is 11.1 Å². The number of carbonyl (C=O) groups is 2. The summed E-state index contributed by atoms with van der Waals surface area (Å²) >= 11 is 0. The van der Waals surface area contributed by atoms with Gasteiger partial charge in [0.25, 0.3) is 0 Å². The monoisotopic (exact) mass is 233 g/mol. The molecule has 1 aliphatic heterocycles. The van der Waals surface area contributed by atoms with Crippen LogP contribution in [0.25, 0.3) is 0 Å². The van der Waals surface area contributed by atoms with Crippen molar-refractivity contribution in [3.05, 3.63) is 35.4 Å². The lowest BCUT2D eigenvalue weighted by Gasteiger charge is -2.27. The van der Waals surface area contributed by atoms with Gasteiger partial charge in [-0.2, -0.15) is 0 Å². The second-order valence-electron chi connectivity index (χ2n) is 4.33. The molecule has 1 aliphatic rings. The Kier molecular flexibility index (Phi) is 3.36. The summed E-state index contributed by atoms with van der Waals surface area (Å²) in [5.41, 5.74) is 1.93. The second-order valence-corrected chi connectivity index (χ2v) is 4.33.